The lowest BCUT2D eigenvalue weighted by molar-refractivity contribution is -0.363. The smallest absolute Gasteiger partial charge is 0.459 e. The number of hydrogen-bond donors (Lipinski definition) is 2. The van der Waals surface area contributed by atoms with Crippen LogP contribution in [0.25, 0.3) is 0 Å². The predicted octanol–water partition coefficient (Wildman–Crippen LogP) is 2.37. The molecule has 106 valence electrons. The lowest BCUT2D eigenvalue weighted by Crippen LogP contribution is -2.57. The number of thiol groups is 1. The largest absolute Gasteiger partial charge is 0.481 e. The Balaban J connectivity index is 5.56. The zero-order valence-electron chi connectivity index (χ0n) is 8.14. The van der Waals surface area contributed by atoms with Crippen molar-refractivity contribution in [3.63, 3.8) is 0 Å². The van der Waals surface area contributed by atoms with Crippen LogP contribution in [0.3, 0.4) is 0 Å². The zero-order valence-corrected chi connectivity index (χ0v) is 9.04. The summed E-state index contributed by atoms with van der Waals surface area (Å²) in [6, 6.07) is 0. The summed E-state index contributed by atoms with van der Waals surface area (Å²) in [6.45, 7) is 0. The molecule has 0 aromatic rings. The van der Waals surface area contributed by atoms with Crippen LogP contribution in [0.2, 0.25) is 0 Å². The highest BCUT2D eigenvalue weighted by atomic mass is 32.1. The van der Waals surface area contributed by atoms with Crippen molar-refractivity contribution in [3.05, 3.63) is 0 Å². The van der Waals surface area contributed by atoms with E-state index in [9.17, 15) is 40.3 Å². The SMILES string of the molecule is O=C(S)CC(C(=O)O)C(F)(F)C(F)(F)C(F)(F)F. The van der Waals surface area contributed by atoms with Crippen molar-refractivity contribution < 1.29 is 45.4 Å². The molecule has 18 heavy (non-hydrogen) atoms. The Morgan fingerprint density at radius 1 is 1.06 bits per heavy atom. The number of hydrogen-bond acceptors (Lipinski definition) is 2. The fourth-order valence-electron chi connectivity index (χ4n) is 0.953. The second-order valence-corrected chi connectivity index (χ2v) is 3.68. The number of carboxylic acid groups (broad SMARTS) is 1. The van der Waals surface area contributed by atoms with Crippen LogP contribution in [0.15, 0.2) is 0 Å². The zero-order chi connectivity index (χ0) is 14.9. The first kappa shape index (κ1) is 17.0. The first-order chi connectivity index (χ1) is 7.75. The highest BCUT2D eigenvalue weighted by Crippen LogP contribution is 2.50. The Morgan fingerprint density at radius 3 is 1.67 bits per heavy atom. The third kappa shape index (κ3) is 3.06. The van der Waals surface area contributed by atoms with Gasteiger partial charge in [-0.25, -0.2) is 0 Å². The Kier molecular flexibility index (Phi) is 4.66. The number of carbonyl (C=O) groups excluding carboxylic acids is 1. The van der Waals surface area contributed by atoms with Crippen molar-refractivity contribution in [1.82, 2.24) is 0 Å². The summed E-state index contributed by atoms with van der Waals surface area (Å²) in [5, 5.41) is 6.66. The minimum Gasteiger partial charge on any atom is -0.481 e. The number of carboxylic acids is 1. The van der Waals surface area contributed by atoms with E-state index in [1.807, 2.05) is 0 Å². The maximum Gasteiger partial charge on any atom is 0.459 e. The normalized spacial score (nSPS) is 15.3. The molecular formula is C7H5F7O3S. The van der Waals surface area contributed by atoms with Crippen molar-refractivity contribution in [1.29, 1.82) is 0 Å². The van der Waals surface area contributed by atoms with Crippen LogP contribution in [0.4, 0.5) is 30.7 Å². The second kappa shape index (κ2) is 4.94. The third-order valence-corrected chi connectivity index (χ3v) is 2.07. The minimum absolute atomic E-state index is 1.56. The van der Waals surface area contributed by atoms with Gasteiger partial charge >= 0.3 is 24.0 Å². The van der Waals surface area contributed by atoms with Gasteiger partial charge in [0, 0.05) is 6.42 Å². The highest BCUT2D eigenvalue weighted by molar-refractivity contribution is 7.96. The molecule has 0 radical (unpaired) electrons. The molecule has 1 N–H and O–H groups in total. The summed E-state index contributed by atoms with van der Waals surface area (Å²) in [4.78, 5) is 20.6. The number of halogens is 7. The van der Waals surface area contributed by atoms with Crippen LogP contribution in [-0.2, 0) is 9.59 Å². The summed E-state index contributed by atoms with van der Waals surface area (Å²) in [5.41, 5.74) is 0. The van der Waals surface area contributed by atoms with Crippen molar-refractivity contribution in [2.75, 3.05) is 0 Å². The van der Waals surface area contributed by atoms with E-state index in [-0.39, 0.29) is 0 Å². The van der Waals surface area contributed by atoms with Crippen LogP contribution in [0.5, 0.6) is 0 Å². The lowest BCUT2D eigenvalue weighted by Gasteiger charge is -2.31. The average molecular weight is 302 g/mol. The lowest BCUT2D eigenvalue weighted by atomic mass is 9.92. The van der Waals surface area contributed by atoms with Gasteiger partial charge in [0.05, 0.1) is 0 Å². The van der Waals surface area contributed by atoms with Crippen molar-refractivity contribution in [2.45, 2.75) is 24.4 Å². The summed E-state index contributed by atoms with van der Waals surface area (Å²) < 4.78 is 86.2. The van der Waals surface area contributed by atoms with Crippen molar-refractivity contribution in [3.8, 4) is 0 Å². The molecule has 0 amide bonds. The van der Waals surface area contributed by atoms with Gasteiger partial charge in [-0.3, -0.25) is 9.59 Å². The quantitative estimate of drug-likeness (QED) is 0.605. The molecule has 0 aliphatic rings. The molecule has 0 saturated heterocycles. The Morgan fingerprint density at radius 2 is 1.44 bits per heavy atom. The molecule has 1 atom stereocenters. The molecule has 0 heterocycles. The fourth-order valence-corrected chi connectivity index (χ4v) is 1.14. The van der Waals surface area contributed by atoms with Crippen molar-refractivity contribution >= 4 is 23.7 Å². The van der Waals surface area contributed by atoms with Gasteiger partial charge in [0.25, 0.3) is 0 Å². The standard InChI is InChI=1S/C7H5F7O3S/c8-5(9,6(10,11)7(12,13)14)2(4(16)17)1-3(15)18/h2H,1H2,(H,15,18)(H,16,17). The van der Waals surface area contributed by atoms with E-state index in [0.29, 0.717) is 0 Å². The van der Waals surface area contributed by atoms with Gasteiger partial charge in [-0.2, -0.15) is 30.7 Å². The van der Waals surface area contributed by atoms with Gasteiger partial charge in [0.1, 0.15) is 5.92 Å². The van der Waals surface area contributed by atoms with Crippen LogP contribution in [0.1, 0.15) is 6.42 Å². The maximum absolute atomic E-state index is 12.9. The molecule has 0 aliphatic carbocycles. The topological polar surface area (TPSA) is 54.4 Å². The van der Waals surface area contributed by atoms with Crippen LogP contribution >= 0.6 is 12.6 Å². The number of alkyl halides is 7. The van der Waals surface area contributed by atoms with Gasteiger partial charge in [0.2, 0.25) is 0 Å². The first-order valence-corrected chi connectivity index (χ1v) is 4.46. The number of aliphatic carboxylic acids is 1. The summed E-state index contributed by atoms with van der Waals surface area (Å²) in [6.07, 6.45) is -8.42. The predicted molar refractivity (Wildman–Crippen MR) is 45.7 cm³/mol. The molecule has 3 nitrogen and oxygen atoms in total. The summed E-state index contributed by atoms with van der Waals surface area (Å²) >= 11 is 2.87. The molecular weight excluding hydrogens is 297 g/mol. The molecule has 0 aromatic heterocycles. The average Bonchev–Trinajstić information content (AvgIpc) is 2.10. The van der Waals surface area contributed by atoms with Crippen LogP contribution in [0, 0.1) is 5.92 Å². The molecule has 0 bridgehead atoms. The Bertz CT molecular complexity index is 351. The van der Waals surface area contributed by atoms with E-state index in [1.54, 1.807) is 0 Å². The first-order valence-electron chi connectivity index (χ1n) is 4.02. The van der Waals surface area contributed by atoms with Gasteiger partial charge < -0.3 is 5.11 Å². The van der Waals surface area contributed by atoms with Gasteiger partial charge in [0.15, 0.2) is 5.12 Å². The molecule has 0 fully saturated rings. The maximum atomic E-state index is 12.9. The molecule has 0 aromatic carbocycles. The van der Waals surface area contributed by atoms with E-state index < -0.39 is 41.4 Å². The second-order valence-electron chi connectivity index (χ2n) is 3.18. The van der Waals surface area contributed by atoms with Crippen LogP contribution < -0.4 is 0 Å². The Labute approximate surface area is 100 Å². The van der Waals surface area contributed by atoms with Crippen LogP contribution in [-0.4, -0.2) is 34.2 Å². The van der Waals surface area contributed by atoms with Crippen molar-refractivity contribution in [2.24, 2.45) is 5.92 Å². The van der Waals surface area contributed by atoms with E-state index in [4.69, 9.17) is 5.11 Å². The summed E-state index contributed by atoms with van der Waals surface area (Å²) in [7, 11) is 0. The molecule has 0 aliphatic heterocycles. The molecule has 0 saturated carbocycles. The molecule has 0 spiro atoms. The fraction of sp³-hybridized carbons (Fsp3) is 0.714. The van der Waals surface area contributed by atoms with E-state index in [2.05, 4.69) is 12.6 Å². The molecule has 0 rings (SSSR count). The van der Waals surface area contributed by atoms with E-state index in [0.717, 1.165) is 0 Å². The highest BCUT2D eigenvalue weighted by Gasteiger charge is 2.76. The van der Waals surface area contributed by atoms with Gasteiger partial charge in [-0.15, -0.1) is 12.6 Å². The number of carbonyl (C=O) groups is 2. The van der Waals surface area contributed by atoms with E-state index >= 15 is 0 Å². The van der Waals surface area contributed by atoms with Gasteiger partial charge in [-0.05, 0) is 0 Å². The number of rotatable bonds is 5. The van der Waals surface area contributed by atoms with E-state index in [1.165, 1.54) is 0 Å². The third-order valence-electron chi connectivity index (χ3n) is 1.89. The molecule has 1 unspecified atom stereocenters. The van der Waals surface area contributed by atoms with Gasteiger partial charge in [-0.1, -0.05) is 0 Å². The summed E-state index contributed by atoms with van der Waals surface area (Å²) in [5.74, 6) is -18.7. The Hall–Kier alpha value is -1.00. The minimum atomic E-state index is -6.65. The monoisotopic (exact) mass is 302 g/mol. The molecule has 11 heteroatoms.